The van der Waals surface area contributed by atoms with Crippen LogP contribution < -0.4 is 22.4 Å². The summed E-state index contributed by atoms with van der Waals surface area (Å²) in [5, 5.41) is 10.7. The predicted octanol–water partition coefficient (Wildman–Crippen LogP) is 0.317. The average molecular weight is 293 g/mol. The third-order valence-electron chi connectivity index (χ3n) is 2.55. The van der Waals surface area contributed by atoms with Crippen molar-refractivity contribution in [3.63, 3.8) is 0 Å². The topological polar surface area (TPSA) is 124 Å². The van der Waals surface area contributed by atoms with Crippen LogP contribution in [0.1, 0.15) is 5.56 Å². The number of aromatic nitrogens is 3. The van der Waals surface area contributed by atoms with Gasteiger partial charge in [0, 0.05) is 5.69 Å². The molecule has 0 aliphatic heterocycles. The van der Waals surface area contributed by atoms with Gasteiger partial charge in [0.05, 0.1) is 5.75 Å². The smallest absolute Gasteiger partial charge is 0.258 e. The van der Waals surface area contributed by atoms with Gasteiger partial charge in [-0.05, 0) is 18.6 Å². The molecule has 2 aromatic rings. The molecule has 0 bridgehead atoms. The first-order chi connectivity index (χ1) is 9.61. The van der Waals surface area contributed by atoms with Crippen molar-refractivity contribution in [2.24, 2.45) is 5.84 Å². The van der Waals surface area contributed by atoms with Gasteiger partial charge in [-0.2, -0.15) is 0 Å². The molecule has 0 aliphatic rings. The fourth-order valence-electron chi connectivity index (χ4n) is 1.50. The summed E-state index contributed by atoms with van der Waals surface area (Å²) in [6, 6.07) is 7.56. The van der Waals surface area contributed by atoms with Crippen LogP contribution in [0, 0.1) is 6.92 Å². The third-order valence-corrected chi connectivity index (χ3v) is 3.49. The molecule has 0 spiro atoms. The van der Waals surface area contributed by atoms with Crippen molar-refractivity contribution in [1.82, 2.24) is 14.9 Å². The van der Waals surface area contributed by atoms with E-state index in [0.29, 0.717) is 5.16 Å². The Morgan fingerprint density at radius 3 is 2.80 bits per heavy atom. The molecule has 0 saturated heterocycles. The van der Waals surface area contributed by atoms with Crippen molar-refractivity contribution in [2.45, 2.75) is 12.1 Å². The zero-order valence-electron chi connectivity index (χ0n) is 10.8. The first kappa shape index (κ1) is 14.2. The molecule has 2 rings (SSSR count). The molecule has 106 valence electrons. The van der Waals surface area contributed by atoms with Gasteiger partial charge in [0.25, 0.3) is 5.95 Å². The summed E-state index contributed by atoms with van der Waals surface area (Å²) >= 11 is 1.17. The molecule has 1 aromatic heterocycles. The van der Waals surface area contributed by atoms with Gasteiger partial charge in [-0.25, -0.2) is 10.5 Å². The fraction of sp³-hybridized carbons (Fsp3) is 0.182. The number of thioether (sulfide) groups is 1. The molecule has 9 heteroatoms. The van der Waals surface area contributed by atoms with Crippen LogP contribution in [0.25, 0.3) is 0 Å². The number of para-hydroxylation sites is 1. The van der Waals surface area contributed by atoms with E-state index in [4.69, 9.17) is 11.7 Å². The largest absolute Gasteiger partial charge is 0.334 e. The van der Waals surface area contributed by atoms with Crippen LogP contribution >= 0.6 is 11.8 Å². The van der Waals surface area contributed by atoms with Crippen LogP contribution in [0.3, 0.4) is 0 Å². The standard InChI is InChI=1S/C11H15N7OS/c1-7-4-2-3-5-8(7)14-9(19)6-20-11-17-16-10(15-12)18(11)13/h2-5H,6,12-13H2,1H3,(H,14,19)(H,15,16). The van der Waals surface area contributed by atoms with E-state index in [9.17, 15) is 4.79 Å². The Morgan fingerprint density at radius 1 is 1.40 bits per heavy atom. The van der Waals surface area contributed by atoms with Crippen LogP contribution in [0.5, 0.6) is 0 Å². The Morgan fingerprint density at radius 2 is 2.15 bits per heavy atom. The number of benzene rings is 1. The van der Waals surface area contributed by atoms with E-state index in [2.05, 4.69) is 20.9 Å². The summed E-state index contributed by atoms with van der Waals surface area (Å²) in [4.78, 5) is 11.9. The molecule has 0 atom stereocenters. The molecular weight excluding hydrogens is 278 g/mol. The van der Waals surface area contributed by atoms with Crippen LogP contribution in [0.4, 0.5) is 11.6 Å². The van der Waals surface area contributed by atoms with E-state index in [1.807, 2.05) is 31.2 Å². The third kappa shape index (κ3) is 3.19. The number of rotatable bonds is 5. The van der Waals surface area contributed by atoms with E-state index >= 15 is 0 Å². The minimum Gasteiger partial charge on any atom is -0.334 e. The second-order valence-corrected chi connectivity index (χ2v) is 4.91. The molecule has 20 heavy (non-hydrogen) atoms. The zero-order chi connectivity index (χ0) is 14.5. The molecule has 0 saturated carbocycles. The molecular formula is C11H15N7OS. The molecule has 0 radical (unpaired) electrons. The van der Waals surface area contributed by atoms with Crippen LogP contribution in [0.15, 0.2) is 29.4 Å². The highest BCUT2D eigenvalue weighted by Gasteiger charge is 2.11. The number of aryl methyl sites for hydroxylation is 1. The van der Waals surface area contributed by atoms with Gasteiger partial charge in [-0.1, -0.05) is 30.0 Å². The van der Waals surface area contributed by atoms with Crippen LogP contribution in [0.2, 0.25) is 0 Å². The predicted molar refractivity (Wildman–Crippen MR) is 78.5 cm³/mol. The summed E-state index contributed by atoms with van der Waals surface area (Å²) in [6.07, 6.45) is 0. The minimum absolute atomic E-state index is 0.144. The number of hydrogen-bond donors (Lipinski definition) is 4. The van der Waals surface area contributed by atoms with Crippen molar-refractivity contribution >= 4 is 29.3 Å². The summed E-state index contributed by atoms with van der Waals surface area (Å²) in [7, 11) is 0. The first-order valence-corrected chi connectivity index (χ1v) is 6.75. The molecule has 0 aliphatic carbocycles. The van der Waals surface area contributed by atoms with Gasteiger partial charge in [0.2, 0.25) is 11.1 Å². The summed E-state index contributed by atoms with van der Waals surface area (Å²) in [5.41, 5.74) is 4.09. The monoisotopic (exact) mass is 293 g/mol. The SMILES string of the molecule is Cc1ccccc1NC(=O)CSc1nnc(NN)n1N. The Hall–Kier alpha value is -2.26. The number of amides is 1. The van der Waals surface area contributed by atoms with Crippen molar-refractivity contribution in [3.8, 4) is 0 Å². The van der Waals surface area contributed by atoms with Crippen LogP contribution in [-0.4, -0.2) is 26.5 Å². The molecule has 0 unspecified atom stereocenters. The fourth-order valence-corrected chi connectivity index (χ4v) is 2.16. The Kier molecular flexibility index (Phi) is 4.43. The molecule has 1 amide bonds. The Labute approximate surface area is 119 Å². The first-order valence-electron chi connectivity index (χ1n) is 5.77. The summed E-state index contributed by atoms with van der Waals surface area (Å²) in [5.74, 6) is 11.1. The quantitative estimate of drug-likeness (QED) is 0.355. The number of hydrogen-bond acceptors (Lipinski definition) is 7. The van der Waals surface area contributed by atoms with E-state index in [-0.39, 0.29) is 17.6 Å². The number of carbonyl (C=O) groups excluding carboxylic acids is 1. The number of nitrogen functional groups attached to an aromatic ring is 2. The lowest BCUT2D eigenvalue weighted by molar-refractivity contribution is -0.113. The number of carbonyl (C=O) groups is 1. The highest BCUT2D eigenvalue weighted by Crippen LogP contribution is 2.18. The number of nitrogens with zero attached hydrogens (tertiary/aromatic N) is 3. The van der Waals surface area contributed by atoms with Gasteiger partial charge < -0.3 is 11.2 Å². The maximum atomic E-state index is 11.9. The van der Waals surface area contributed by atoms with Crippen molar-refractivity contribution < 1.29 is 4.79 Å². The average Bonchev–Trinajstić information content (AvgIpc) is 2.79. The summed E-state index contributed by atoms with van der Waals surface area (Å²) in [6.45, 7) is 1.93. The molecule has 8 nitrogen and oxygen atoms in total. The molecule has 1 heterocycles. The van der Waals surface area contributed by atoms with E-state index < -0.39 is 0 Å². The van der Waals surface area contributed by atoms with E-state index in [1.165, 1.54) is 16.4 Å². The lowest BCUT2D eigenvalue weighted by atomic mass is 10.2. The molecule has 6 N–H and O–H groups in total. The van der Waals surface area contributed by atoms with Gasteiger partial charge in [0.15, 0.2) is 0 Å². The zero-order valence-corrected chi connectivity index (χ0v) is 11.6. The molecule has 0 fully saturated rings. The van der Waals surface area contributed by atoms with Crippen LogP contribution in [-0.2, 0) is 4.79 Å². The number of hydrazine groups is 1. The normalized spacial score (nSPS) is 10.3. The maximum Gasteiger partial charge on any atom is 0.258 e. The van der Waals surface area contributed by atoms with Gasteiger partial charge in [-0.15, -0.1) is 10.2 Å². The highest BCUT2D eigenvalue weighted by molar-refractivity contribution is 7.99. The highest BCUT2D eigenvalue weighted by atomic mass is 32.2. The summed E-state index contributed by atoms with van der Waals surface area (Å²) < 4.78 is 1.19. The van der Waals surface area contributed by atoms with E-state index in [0.717, 1.165) is 11.3 Å². The number of anilines is 2. The number of nitrogens with two attached hydrogens (primary N) is 2. The van der Waals surface area contributed by atoms with Gasteiger partial charge in [-0.3, -0.25) is 10.2 Å². The Balaban J connectivity index is 1.92. The van der Waals surface area contributed by atoms with Crippen molar-refractivity contribution in [3.05, 3.63) is 29.8 Å². The van der Waals surface area contributed by atoms with E-state index in [1.54, 1.807) is 0 Å². The second kappa shape index (κ2) is 6.26. The maximum absolute atomic E-state index is 11.9. The van der Waals surface area contributed by atoms with Gasteiger partial charge in [0.1, 0.15) is 0 Å². The molecule has 1 aromatic carbocycles. The van der Waals surface area contributed by atoms with Crippen molar-refractivity contribution in [1.29, 1.82) is 0 Å². The lowest BCUT2D eigenvalue weighted by Crippen LogP contribution is -2.19. The number of nitrogens with one attached hydrogen (secondary N) is 2. The minimum atomic E-state index is -0.144. The Bertz CT molecular complexity index is 613. The lowest BCUT2D eigenvalue weighted by Gasteiger charge is -2.07. The second-order valence-electron chi connectivity index (χ2n) is 3.97. The van der Waals surface area contributed by atoms with Gasteiger partial charge >= 0.3 is 0 Å². The van der Waals surface area contributed by atoms with Crippen molar-refractivity contribution in [2.75, 3.05) is 22.3 Å².